The first kappa shape index (κ1) is 18.8. The Morgan fingerprint density at radius 1 is 1.26 bits per heavy atom. The van der Waals surface area contributed by atoms with Gasteiger partial charge in [0.25, 0.3) is 5.91 Å². The van der Waals surface area contributed by atoms with Gasteiger partial charge in [0.2, 0.25) is 0 Å². The van der Waals surface area contributed by atoms with Crippen molar-refractivity contribution in [2.75, 3.05) is 11.9 Å². The second-order valence-electron chi connectivity index (χ2n) is 5.59. The highest BCUT2D eigenvalue weighted by Crippen LogP contribution is 2.22. The van der Waals surface area contributed by atoms with Crippen LogP contribution in [0.4, 0.5) is 5.69 Å². The molecule has 1 N–H and O–H groups in total. The number of aryl methyl sites for hydroxylation is 1. The van der Waals surface area contributed by atoms with Crippen molar-refractivity contribution in [3.8, 4) is 6.07 Å². The molecule has 0 spiro atoms. The van der Waals surface area contributed by atoms with Crippen molar-refractivity contribution in [2.24, 2.45) is 0 Å². The van der Waals surface area contributed by atoms with Gasteiger partial charge in [0, 0.05) is 11.4 Å². The van der Waals surface area contributed by atoms with Crippen molar-refractivity contribution in [2.45, 2.75) is 12.8 Å². The van der Waals surface area contributed by atoms with E-state index in [0.29, 0.717) is 11.4 Å². The van der Waals surface area contributed by atoms with Crippen molar-refractivity contribution in [3.63, 3.8) is 0 Å². The SMILES string of the molecule is N#Cc1ccc(Cl)cc1NC(=O)COC(=O)CCc1nc2ccccc2s1. The number of hydrogen-bond donors (Lipinski definition) is 1. The minimum Gasteiger partial charge on any atom is -0.456 e. The Bertz CT molecular complexity index is 1010. The molecule has 1 aromatic heterocycles. The fourth-order valence-corrected chi connectivity index (χ4v) is 3.50. The smallest absolute Gasteiger partial charge is 0.306 e. The molecular formula is C19H14ClN3O3S. The van der Waals surface area contributed by atoms with Gasteiger partial charge in [-0.1, -0.05) is 23.7 Å². The Hall–Kier alpha value is -2.95. The third kappa shape index (κ3) is 5.03. The fourth-order valence-electron chi connectivity index (χ4n) is 2.36. The normalized spacial score (nSPS) is 10.4. The molecule has 8 heteroatoms. The molecule has 0 saturated heterocycles. The zero-order valence-corrected chi connectivity index (χ0v) is 15.6. The molecule has 0 aliphatic heterocycles. The van der Waals surface area contributed by atoms with Crippen molar-refractivity contribution >= 4 is 50.7 Å². The second-order valence-corrected chi connectivity index (χ2v) is 7.14. The number of thiazole rings is 1. The Balaban J connectivity index is 1.48. The monoisotopic (exact) mass is 399 g/mol. The zero-order valence-electron chi connectivity index (χ0n) is 14.1. The summed E-state index contributed by atoms with van der Waals surface area (Å²) in [5.74, 6) is -1.03. The highest BCUT2D eigenvalue weighted by atomic mass is 35.5. The van der Waals surface area contributed by atoms with Crippen LogP contribution in [0.25, 0.3) is 10.2 Å². The molecule has 0 saturated carbocycles. The van der Waals surface area contributed by atoms with Crippen molar-refractivity contribution in [1.29, 1.82) is 5.26 Å². The number of hydrogen-bond acceptors (Lipinski definition) is 6. The van der Waals surface area contributed by atoms with Crippen LogP contribution in [-0.2, 0) is 20.7 Å². The number of para-hydroxylation sites is 1. The van der Waals surface area contributed by atoms with Gasteiger partial charge in [0.15, 0.2) is 6.61 Å². The lowest BCUT2D eigenvalue weighted by atomic mass is 10.2. The van der Waals surface area contributed by atoms with E-state index < -0.39 is 18.5 Å². The Kier molecular flexibility index (Phi) is 6.01. The molecule has 136 valence electrons. The van der Waals surface area contributed by atoms with Crippen LogP contribution in [0.1, 0.15) is 17.0 Å². The van der Waals surface area contributed by atoms with Crippen molar-refractivity contribution in [3.05, 3.63) is 58.1 Å². The second kappa shape index (κ2) is 8.62. The fraction of sp³-hybridized carbons (Fsp3) is 0.158. The molecule has 0 aliphatic carbocycles. The van der Waals surface area contributed by atoms with E-state index in [9.17, 15) is 9.59 Å². The summed E-state index contributed by atoms with van der Waals surface area (Å²) in [6, 6.07) is 14.2. The first-order valence-corrected chi connectivity index (χ1v) is 9.24. The molecule has 1 amide bonds. The summed E-state index contributed by atoms with van der Waals surface area (Å²) < 4.78 is 6.05. The van der Waals surface area contributed by atoms with Crippen LogP contribution < -0.4 is 5.32 Å². The number of amides is 1. The van der Waals surface area contributed by atoms with Gasteiger partial charge in [-0.25, -0.2) is 4.98 Å². The van der Waals surface area contributed by atoms with Gasteiger partial charge in [-0.2, -0.15) is 5.26 Å². The summed E-state index contributed by atoms with van der Waals surface area (Å²) in [6.07, 6.45) is 0.584. The third-order valence-electron chi connectivity index (χ3n) is 3.62. The Morgan fingerprint density at radius 2 is 2.07 bits per heavy atom. The van der Waals surface area contributed by atoms with Crippen LogP contribution >= 0.6 is 22.9 Å². The van der Waals surface area contributed by atoms with Crippen LogP contribution in [-0.4, -0.2) is 23.5 Å². The van der Waals surface area contributed by atoms with E-state index in [0.717, 1.165) is 15.2 Å². The van der Waals surface area contributed by atoms with E-state index in [-0.39, 0.29) is 17.7 Å². The van der Waals surface area contributed by atoms with Crippen LogP contribution in [0, 0.1) is 11.3 Å². The minimum absolute atomic E-state index is 0.133. The van der Waals surface area contributed by atoms with Gasteiger partial charge in [0.1, 0.15) is 6.07 Å². The number of nitrogens with zero attached hydrogens (tertiary/aromatic N) is 2. The average Bonchev–Trinajstić information content (AvgIpc) is 3.08. The molecule has 6 nitrogen and oxygen atoms in total. The van der Waals surface area contributed by atoms with E-state index in [2.05, 4.69) is 10.3 Å². The number of aromatic nitrogens is 1. The predicted octanol–water partition coefficient (Wildman–Crippen LogP) is 3.94. The number of nitriles is 1. The average molecular weight is 400 g/mol. The summed E-state index contributed by atoms with van der Waals surface area (Å²) in [7, 11) is 0. The maximum absolute atomic E-state index is 11.9. The number of halogens is 1. The molecular weight excluding hydrogens is 386 g/mol. The van der Waals surface area contributed by atoms with Gasteiger partial charge >= 0.3 is 5.97 Å². The number of ether oxygens (including phenoxy) is 1. The lowest BCUT2D eigenvalue weighted by Gasteiger charge is -2.08. The Morgan fingerprint density at radius 3 is 2.85 bits per heavy atom. The highest BCUT2D eigenvalue weighted by Gasteiger charge is 2.12. The van der Waals surface area contributed by atoms with Crippen molar-refractivity contribution < 1.29 is 14.3 Å². The van der Waals surface area contributed by atoms with Gasteiger partial charge in [0.05, 0.1) is 32.9 Å². The summed E-state index contributed by atoms with van der Waals surface area (Å²) in [5, 5.41) is 12.8. The van der Waals surface area contributed by atoms with E-state index in [1.165, 1.54) is 23.5 Å². The number of anilines is 1. The molecule has 0 atom stereocenters. The standard InChI is InChI=1S/C19H14ClN3O3S/c20-13-6-5-12(10-21)15(9-13)22-17(24)11-26-19(25)8-7-18-23-14-3-1-2-4-16(14)27-18/h1-6,9H,7-8,11H2,(H,22,24). The van der Waals surface area contributed by atoms with Gasteiger partial charge in [-0.3, -0.25) is 9.59 Å². The molecule has 3 aromatic rings. The Labute approximate surface area is 164 Å². The number of benzene rings is 2. The van der Waals surface area contributed by atoms with E-state index >= 15 is 0 Å². The first-order chi connectivity index (χ1) is 13.0. The van der Waals surface area contributed by atoms with Gasteiger partial charge in [-0.05, 0) is 30.3 Å². The maximum atomic E-state index is 11.9. The zero-order chi connectivity index (χ0) is 19.2. The van der Waals surface area contributed by atoms with Crippen molar-refractivity contribution in [1.82, 2.24) is 4.98 Å². The minimum atomic E-state index is -0.540. The number of fused-ring (bicyclic) bond motifs is 1. The number of esters is 1. The van der Waals surface area contributed by atoms with Gasteiger partial charge < -0.3 is 10.1 Å². The van der Waals surface area contributed by atoms with E-state index in [1.54, 1.807) is 6.07 Å². The molecule has 2 aromatic carbocycles. The van der Waals surface area contributed by atoms with E-state index in [4.69, 9.17) is 21.6 Å². The van der Waals surface area contributed by atoms with Crippen LogP contribution in [0.5, 0.6) is 0 Å². The molecule has 0 unspecified atom stereocenters. The molecule has 27 heavy (non-hydrogen) atoms. The number of carbonyl (C=O) groups is 2. The topological polar surface area (TPSA) is 92.1 Å². The molecule has 3 rings (SSSR count). The van der Waals surface area contributed by atoms with Crippen LogP contribution in [0.15, 0.2) is 42.5 Å². The number of nitrogens with one attached hydrogen (secondary N) is 1. The summed E-state index contributed by atoms with van der Waals surface area (Å²) in [5.41, 5.74) is 1.45. The molecule has 1 heterocycles. The molecule has 0 radical (unpaired) electrons. The largest absolute Gasteiger partial charge is 0.456 e. The summed E-state index contributed by atoms with van der Waals surface area (Å²) >= 11 is 7.39. The lowest BCUT2D eigenvalue weighted by Crippen LogP contribution is -2.21. The maximum Gasteiger partial charge on any atom is 0.306 e. The van der Waals surface area contributed by atoms with Crippen LogP contribution in [0.3, 0.4) is 0 Å². The molecule has 0 bridgehead atoms. The predicted molar refractivity (Wildman–Crippen MR) is 104 cm³/mol. The molecule has 0 fully saturated rings. The number of carbonyl (C=O) groups excluding carboxylic acids is 2. The lowest BCUT2D eigenvalue weighted by molar-refractivity contribution is -0.147. The number of rotatable bonds is 6. The summed E-state index contributed by atoms with van der Waals surface area (Å²) in [4.78, 5) is 28.3. The van der Waals surface area contributed by atoms with E-state index in [1.807, 2.05) is 30.3 Å². The first-order valence-electron chi connectivity index (χ1n) is 8.05. The highest BCUT2D eigenvalue weighted by molar-refractivity contribution is 7.18. The van der Waals surface area contributed by atoms with Crippen LogP contribution in [0.2, 0.25) is 5.02 Å². The molecule has 0 aliphatic rings. The van der Waals surface area contributed by atoms with Gasteiger partial charge in [-0.15, -0.1) is 11.3 Å². The quantitative estimate of drug-likeness (QED) is 0.634. The summed E-state index contributed by atoms with van der Waals surface area (Å²) in [6.45, 7) is -0.434. The third-order valence-corrected chi connectivity index (χ3v) is 4.95.